The van der Waals surface area contributed by atoms with Crippen molar-refractivity contribution in [3.8, 4) is 0 Å². The van der Waals surface area contributed by atoms with Crippen molar-refractivity contribution in [2.45, 2.75) is 32.4 Å². The quantitative estimate of drug-likeness (QED) is 0.242. The summed E-state index contributed by atoms with van der Waals surface area (Å²) < 4.78 is 10.2. The van der Waals surface area contributed by atoms with Crippen LogP contribution in [0.2, 0.25) is 0 Å². The van der Waals surface area contributed by atoms with Gasteiger partial charge in [0.15, 0.2) is 0 Å². The molecular weight excluding hydrogens is 248 g/mol. The van der Waals surface area contributed by atoms with Crippen LogP contribution >= 0.6 is 12.6 Å². The number of hydrogen-bond acceptors (Lipinski definition) is 4. The number of carbonyl (C=O) groups is 1. The van der Waals surface area contributed by atoms with E-state index in [4.69, 9.17) is 9.47 Å². The molecule has 0 fully saturated rings. The Bertz CT molecular complexity index is 330. The Morgan fingerprint density at radius 3 is 2.50 bits per heavy atom. The maximum atomic E-state index is 11.2. The average Bonchev–Trinajstić information content (AvgIpc) is 2.30. The molecule has 0 radical (unpaired) electrons. The lowest BCUT2D eigenvalue weighted by Gasteiger charge is -2.08. The van der Waals surface area contributed by atoms with Gasteiger partial charge in [-0.3, -0.25) is 4.79 Å². The first-order chi connectivity index (χ1) is 8.45. The monoisotopic (exact) mass is 270 g/mol. The van der Waals surface area contributed by atoms with Gasteiger partial charge in [0, 0.05) is 5.25 Å². The molecule has 0 aromatic heterocycles. The molecule has 0 aromatic carbocycles. The number of thiol groups is 1. The van der Waals surface area contributed by atoms with E-state index in [9.17, 15) is 4.79 Å². The summed E-state index contributed by atoms with van der Waals surface area (Å²) >= 11 is 4.11. The van der Waals surface area contributed by atoms with E-state index in [0.29, 0.717) is 18.8 Å². The molecule has 0 saturated heterocycles. The lowest BCUT2D eigenvalue weighted by molar-refractivity contribution is -0.144. The maximum absolute atomic E-state index is 11.2. The molecule has 0 aliphatic heterocycles. The van der Waals surface area contributed by atoms with Crippen molar-refractivity contribution in [1.82, 2.24) is 0 Å². The molecule has 0 bridgehead atoms. The SMILES string of the molecule is C=C(/C=C\C(C)=C/C)OCCOC(=O)CC(C)S. The minimum atomic E-state index is -0.257. The highest BCUT2D eigenvalue weighted by Gasteiger charge is 2.05. The number of carbonyl (C=O) groups excluding carboxylic acids is 1. The van der Waals surface area contributed by atoms with Gasteiger partial charge in [-0.1, -0.05) is 31.2 Å². The van der Waals surface area contributed by atoms with Crippen LogP contribution in [-0.4, -0.2) is 24.4 Å². The predicted molar refractivity (Wildman–Crippen MR) is 77.7 cm³/mol. The molecule has 4 heteroatoms. The van der Waals surface area contributed by atoms with Crippen molar-refractivity contribution >= 4 is 18.6 Å². The summed E-state index contributed by atoms with van der Waals surface area (Å²) in [6.07, 6.45) is 6.00. The molecule has 0 N–H and O–H groups in total. The highest BCUT2D eigenvalue weighted by molar-refractivity contribution is 7.80. The second-order valence-electron chi connectivity index (χ2n) is 3.95. The fourth-order valence-corrected chi connectivity index (χ4v) is 1.15. The van der Waals surface area contributed by atoms with Gasteiger partial charge in [-0.05, 0) is 19.9 Å². The lowest BCUT2D eigenvalue weighted by Crippen LogP contribution is -2.13. The Balaban J connectivity index is 3.70. The van der Waals surface area contributed by atoms with E-state index in [1.807, 2.05) is 32.9 Å². The zero-order valence-corrected chi connectivity index (χ0v) is 12.2. The third kappa shape index (κ3) is 10.0. The van der Waals surface area contributed by atoms with Gasteiger partial charge >= 0.3 is 5.97 Å². The van der Waals surface area contributed by atoms with E-state index < -0.39 is 0 Å². The van der Waals surface area contributed by atoms with Gasteiger partial charge in [0.2, 0.25) is 0 Å². The summed E-state index contributed by atoms with van der Waals surface area (Å²) in [5, 5.41) is 0.0140. The molecule has 0 heterocycles. The number of hydrogen-bond donors (Lipinski definition) is 1. The van der Waals surface area contributed by atoms with Crippen molar-refractivity contribution in [2.75, 3.05) is 13.2 Å². The maximum Gasteiger partial charge on any atom is 0.307 e. The molecule has 0 rings (SSSR count). The third-order valence-electron chi connectivity index (χ3n) is 2.08. The molecule has 0 amide bonds. The van der Waals surface area contributed by atoms with Crippen LogP contribution in [0, 0.1) is 0 Å². The topological polar surface area (TPSA) is 35.5 Å². The van der Waals surface area contributed by atoms with Crippen LogP contribution in [0.4, 0.5) is 0 Å². The van der Waals surface area contributed by atoms with E-state index in [2.05, 4.69) is 19.2 Å². The number of esters is 1. The second-order valence-corrected chi connectivity index (χ2v) is 4.84. The molecule has 0 aliphatic carbocycles. The van der Waals surface area contributed by atoms with Gasteiger partial charge < -0.3 is 9.47 Å². The summed E-state index contributed by atoms with van der Waals surface area (Å²) in [5.74, 6) is 0.293. The lowest BCUT2D eigenvalue weighted by atomic mass is 10.2. The minimum Gasteiger partial charge on any atom is -0.491 e. The van der Waals surface area contributed by atoms with Gasteiger partial charge in [0.25, 0.3) is 0 Å². The van der Waals surface area contributed by atoms with Crippen LogP contribution in [-0.2, 0) is 14.3 Å². The van der Waals surface area contributed by atoms with Gasteiger partial charge in [-0.2, -0.15) is 12.6 Å². The van der Waals surface area contributed by atoms with Gasteiger partial charge in [0.05, 0.1) is 6.42 Å². The molecule has 0 spiro atoms. The summed E-state index contributed by atoms with van der Waals surface area (Å²) in [7, 11) is 0. The Kier molecular flexibility index (Phi) is 9.19. The van der Waals surface area contributed by atoms with E-state index in [1.54, 1.807) is 6.08 Å². The van der Waals surface area contributed by atoms with E-state index in [-0.39, 0.29) is 17.8 Å². The summed E-state index contributed by atoms with van der Waals surface area (Å²) in [6, 6.07) is 0. The molecule has 0 aromatic rings. The summed E-state index contributed by atoms with van der Waals surface area (Å²) in [6.45, 7) is 10.1. The van der Waals surface area contributed by atoms with Crippen molar-refractivity contribution in [3.05, 3.63) is 36.1 Å². The minimum absolute atomic E-state index is 0.0140. The van der Waals surface area contributed by atoms with Crippen molar-refractivity contribution in [2.24, 2.45) is 0 Å². The van der Waals surface area contributed by atoms with Crippen molar-refractivity contribution in [1.29, 1.82) is 0 Å². The molecule has 0 aliphatic rings. The zero-order chi connectivity index (χ0) is 14.0. The van der Waals surface area contributed by atoms with Crippen LogP contribution in [0.1, 0.15) is 27.2 Å². The fraction of sp³-hybridized carbons (Fsp3) is 0.500. The van der Waals surface area contributed by atoms with E-state index in [0.717, 1.165) is 5.57 Å². The van der Waals surface area contributed by atoms with Crippen LogP contribution in [0.25, 0.3) is 0 Å². The molecule has 18 heavy (non-hydrogen) atoms. The molecule has 102 valence electrons. The Labute approximate surface area is 115 Å². The molecule has 1 unspecified atom stereocenters. The smallest absolute Gasteiger partial charge is 0.307 e. The van der Waals surface area contributed by atoms with Gasteiger partial charge in [-0.15, -0.1) is 0 Å². The fourth-order valence-electron chi connectivity index (χ4n) is 0.997. The average molecular weight is 270 g/mol. The molecule has 0 saturated carbocycles. The second kappa shape index (κ2) is 9.83. The third-order valence-corrected chi connectivity index (χ3v) is 2.27. The summed E-state index contributed by atoms with van der Waals surface area (Å²) in [5.41, 5.74) is 1.13. The summed E-state index contributed by atoms with van der Waals surface area (Å²) in [4.78, 5) is 11.2. The van der Waals surface area contributed by atoms with Crippen LogP contribution in [0.3, 0.4) is 0 Å². The van der Waals surface area contributed by atoms with Gasteiger partial charge in [0.1, 0.15) is 19.0 Å². The first-order valence-corrected chi connectivity index (χ1v) is 6.43. The number of allylic oxidation sites excluding steroid dienone is 4. The highest BCUT2D eigenvalue weighted by Crippen LogP contribution is 2.02. The Hall–Kier alpha value is -1.16. The predicted octanol–water partition coefficient (Wildman–Crippen LogP) is 3.29. The first kappa shape index (κ1) is 16.8. The largest absolute Gasteiger partial charge is 0.491 e. The van der Waals surface area contributed by atoms with Gasteiger partial charge in [-0.25, -0.2) is 0 Å². The van der Waals surface area contributed by atoms with Crippen molar-refractivity contribution in [3.63, 3.8) is 0 Å². The van der Waals surface area contributed by atoms with E-state index >= 15 is 0 Å². The number of ether oxygens (including phenoxy) is 2. The van der Waals surface area contributed by atoms with Crippen LogP contribution < -0.4 is 0 Å². The molecule has 1 atom stereocenters. The van der Waals surface area contributed by atoms with E-state index in [1.165, 1.54) is 0 Å². The van der Waals surface area contributed by atoms with Crippen molar-refractivity contribution < 1.29 is 14.3 Å². The standard InChI is InChI=1S/C14H22O3S/c1-5-11(2)6-7-12(3)16-8-9-17-14(15)10-13(4)18/h5-7,13,18H,3,8-10H2,1-2,4H3/b7-6-,11-5-. The molecule has 3 nitrogen and oxygen atoms in total. The normalized spacial score (nSPS) is 13.4. The molecular formula is C14H22O3S. The Morgan fingerprint density at radius 2 is 1.94 bits per heavy atom. The van der Waals surface area contributed by atoms with Crippen LogP contribution in [0.5, 0.6) is 0 Å². The van der Waals surface area contributed by atoms with Crippen LogP contribution in [0.15, 0.2) is 36.1 Å². The Morgan fingerprint density at radius 1 is 1.33 bits per heavy atom. The highest BCUT2D eigenvalue weighted by atomic mass is 32.1. The zero-order valence-electron chi connectivity index (χ0n) is 11.3. The number of rotatable bonds is 8. The first-order valence-electron chi connectivity index (χ1n) is 5.92.